The van der Waals surface area contributed by atoms with Crippen LogP contribution in [-0.2, 0) is 40.1 Å². The van der Waals surface area contributed by atoms with Crippen molar-refractivity contribution in [3.8, 4) is 11.4 Å². The Bertz CT molecular complexity index is 1260. The van der Waals surface area contributed by atoms with Crippen molar-refractivity contribution in [1.29, 1.82) is 0 Å². The van der Waals surface area contributed by atoms with E-state index in [1.165, 1.54) is 32.9 Å². The number of ether oxygens (including phenoxy) is 2. The number of amides is 1. The molecule has 1 N–H and O–H groups in total. The van der Waals surface area contributed by atoms with Crippen molar-refractivity contribution in [3.63, 3.8) is 0 Å². The number of anilines is 1. The van der Waals surface area contributed by atoms with Gasteiger partial charge in [-0.05, 0) is 63.5 Å². The van der Waals surface area contributed by atoms with E-state index >= 15 is 0 Å². The third-order valence-corrected chi connectivity index (χ3v) is 9.88. The lowest BCUT2D eigenvalue weighted by molar-refractivity contribution is -0.113. The van der Waals surface area contributed by atoms with E-state index in [1.807, 2.05) is 0 Å². The molecule has 4 heterocycles. The van der Waals surface area contributed by atoms with Gasteiger partial charge in [0.25, 0.3) is 0 Å². The Balaban J connectivity index is 1.32. The number of carbonyl (C=O) groups is 2. The molecule has 8 nitrogen and oxygen atoms in total. The Kier molecular flexibility index (Phi) is 8.63. The fourth-order valence-electron chi connectivity index (χ4n) is 4.81. The van der Waals surface area contributed by atoms with Crippen molar-refractivity contribution in [2.75, 3.05) is 24.3 Å². The summed E-state index contributed by atoms with van der Waals surface area (Å²) in [4.78, 5) is 28.3. The van der Waals surface area contributed by atoms with Gasteiger partial charge in [0.2, 0.25) is 5.91 Å². The van der Waals surface area contributed by atoms with Crippen molar-refractivity contribution < 1.29 is 19.1 Å². The Morgan fingerprint density at radius 1 is 1.24 bits per heavy atom. The highest BCUT2D eigenvalue weighted by molar-refractivity contribution is 7.99. The van der Waals surface area contributed by atoms with E-state index in [1.54, 1.807) is 18.3 Å². The van der Waals surface area contributed by atoms with Crippen LogP contribution in [0.15, 0.2) is 16.6 Å². The summed E-state index contributed by atoms with van der Waals surface area (Å²) in [6, 6.07) is 2.16. The van der Waals surface area contributed by atoms with E-state index < -0.39 is 0 Å². The first kappa shape index (κ1) is 26.4. The summed E-state index contributed by atoms with van der Waals surface area (Å²) in [5.41, 5.74) is 2.63. The van der Waals surface area contributed by atoms with Crippen LogP contribution in [0.3, 0.4) is 0 Å². The van der Waals surface area contributed by atoms with Crippen molar-refractivity contribution in [3.05, 3.63) is 32.3 Å². The number of thioether (sulfide) groups is 1. The second kappa shape index (κ2) is 12.1. The molecule has 37 heavy (non-hydrogen) atoms. The molecule has 198 valence electrons. The minimum Gasteiger partial charge on any atom is -0.462 e. The minimum atomic E-state index is -0.354. The van der Waals surface area contributed by atoms with E-state index in [0.29, 0.717) is 28.9 Å². The number of esters is 1. The van der Waals surface area contributed by atoms with E-state index in [0.717, 1.165) is 68.5 Å². The summed E-state index contributed by atoms with van der Waals surface area (Å²) in [6.45, 7) is 5.68. The quantitative estimate of drug-likeness (QED) is 0.255. The molecule has 1 amide bonds. The van der Waals surface area contributed by atoms with E-state index in [9.17, 15) is 9.59 Å². The molecule has 1 aliphatic heterocycles. The fourth-order valence-corrected chi connectivity index (χ4v) is 7.67. The average Bonchev–Trinajstić information content (AvgIpc) is 3.69. The Morgan fingerprint density at radius 3 is 2.86 bits per heavy atom. The van der Waals surface area contributed by atoms with Crippen molar-refractivity contribution >= 4 is 51.3 Å². The van der Waals surface area contributed by atoms with Gasteiger partial charge in [-0.25, -0.2) is 4.79 Å². The molecule has 0 radical (unpaired) electrons. The Morgan fingerprint density at radius 2 is 2.11 bits per heavy atom. The number of thiophene rings is 2. The van der Waals surface area contributed by atoms with Crippen LogP contribution in [0.2, 0.25) is 0 Å². The van der Waals surface area contributed by atoms with Crippen LogP contribution in [0.4, 0.5) is 5.00 Å². The number of carbonyl (C=O) groups excluding carboxylic acids is 2. The molecule has 1 atom stereocenters. The second-order valence-corrected chi connectivity index (χ2v) is 12.2. The molecule has 3 aromatic heterocycles. The van der Waals surface area contributed by atoms with Gasteiger partial charge in [0.1, 0.15) is 5.00 Å². The lowest BCUT2D eigenvalue weighted by atomic mass is 9.95. The smallest absolute Gasteiger partial charge is 0.341 e. The number of hydrogen-bond donors (Lipinski definition) is 1. The zero-order valence-electron chi connectivity index (χ0n) is 21.2. The van der Waals surface area contributed by atoms with Crippen LogP contribution < -0.4 is 5.32 Å². The molecule has 0 spiro atoms. The van der Waals surface area contributed by atoms with Crippen LogP contribution in [-0.4, -0.2) is 51.7 Å². The molecule has 0 aromatic carbocycles. The normalized spacial score (nSPS) is 17.1. The summed E-state index contributed by atoms with van der Waals surface area (Å²) in [6.07, 6.45) is 7.10. The molecule has 3 aromatic rings. The van der Waals surface area contributed by atoms with E-state index in [-0.39, 0.29) is 23.7 Å². The maximum atomic E-state index is 13.0. The molecule has 5 rings (SSSR count). The van der Waals surface area contributed by atoms with Gasteiger partial charge in [0, 0.05) is 27.3 Å². The van der Waals surface area contributed by atoms with Crippen LogP contribution >= 0.6 is 34.4 Å². The topological polar surface area (TPSA) is 95.3 Å². The zero-order valence-corrected chi connectivity index (χ0v) is 23.7. The van der Waals surface area contributed by atoms with Crippen LogP contribution in [0, 0.1) is 0 Å². The van der Waals surface area contributed by atoms with Crippen molar-refractivity contribution in [1.82, 2.24) is 14.8 Å². The summed E-state index contributed by atoms with van der Waals surface area (Å²) in [7, 11) is 0. The van der Waals surface area contributed by atoms with Crippen LogP contribution in [0.25, 0.3) is 11.4 Å². The van der Waals surface area contributed by atoms with Gasteiger partial charge in [0.15, 0.2) is 11.0 Å². The number of aromatic nitrogens is 3. The van der Waals surface area contributed by atoms with Crippen LogP contribution in [0.5, 0.6) is 0 Å². The van der Waals surface area contributed by atoms with Gasteiger partial charge < -0.3 is 14.8 Å². The first-order valence-electron chi connectivity index (χ1n) is 12.9. The Hall–Kier alpha value is -2.21. The average molecular weight is 561 g/mol. The maximum absolute atomic E-state index is 13.0. The molecule has 2 aliphatic rings. The molecule has 1 saturated heterocycles. The van der Waals surface area contributed by atoms with Gasteiger partial charge in [-0.15, -0.1) is 32.9 Å². The maximum Gasteiger partial charge on any atom is 0.341 e. The lowest BCUT2D eigenvalue weighted by Crippen LogP contribution is -2.19. The van der Waals surface area contributed by atoms with Gasteiger partial charge in [-0.2, -0.15) is 0 Å². The molecule has 11 heteroatoms. The number of nitrogens with zero attached hydrogens (tertiary/aromatic N) is 3. The van der Waals surface area contributed by atoms with Crippen molar-refractivity contribution in [2.45, 2.75) is 76.6 Å². The number of aryl methyl sites for hydroxylation is 2. The number of rotatable bonds is 10. The van der Waals surface area contributed by atoms with E-state index in [2.05, 4.69) is 38.5 Å². The molecular formula is C26H32N4O4S3. The van der Waals surface area contributed by atoms with Crippen molar-refractivity contribution in [2.24, 2.45) is 0 Å². The molecule has 1 fully saturated rings. The summed E-state index contributed by atoms with van der Waals surface area (Å²) in [5, 5.41) is 15.3. The summed E-state index contributed by atoms with van der Waals surface area (Å²) in [5.74, 6) is 0.447. The van der Waals surface area contributed by atoms with Gasteiger partial charge in [-0.1, -0.05) is 18.7 Å². The summed E-state index contributed by atoms with van der Waals surface area (Å²) < 4.78 is 13.3. The predicted molar refractivity (Wildman–Crippen MR) is 148 cm³/mol. The molecular weight excluding hydrogens is 529 g/mol. The van der Waals surface area contributed by atoms with Gasteiger partial charge in [0.05, 0.1) is 30.6 Å². The van der Waals surface area contributed by atoms with Crippen LogP contribution in [0.1, 0.15) is 65.2 Å². The lowest BCUT2D eigenvalue weighted by Gasteiger charge is -2.14. The molecule has 1 unspecified atom stereocenters. The SMILES string of the molecule is CCOC(=O)c1c(NC(=O)CSc2nnc(-c3csc(CC)c3)n2CC2CCCO2)sc2c1CCCC2. The second-order valence-electron chi connectivity index (χ2n) is 9.18. The predicted octanol–water partition coefficient (Wildman–Crippen LogP) is 5.60. The van der Waals surface area contributed by atoms with Gasteiger partial charge in [-0.3, -0.25) is 9.36 Å². The molecule has 0 bridgehead atoms. The summed E-state index contributed by atoms with van der Waals surface area (Å²) >= 11 is 4.59. The molecule has 0 saturated carbocycles. The molecule has 1 aliphatic carbocycles. The highest BCUT2D eigenvalue weighted by Crippen LogP contribution is 2.39. The zero-order chi connectivity index (χ0) is 25.8. The Labute approximate surface area is 229 Å². The third kappa shape index (κ3) is 5.94. The third-order valence-electron chi connectivity index (χ3n) is 6.62. The largest absolute Gasteiger partial charge is 0.462 e. The highest BCUT2D eigenvalue weighted by Gasteiger charge is 2.28. The standard InChI is InChI=1S/C26H32N4O4S3/c1-3-18-12-16(14-35-18)23-28-29-26(30(23)13-17-8-7-11-34-17)36-15-21(31)27-24-22(25(32)33-4-2)19-9-5-6-10-20(19)37-24/h12,14,17H,3-11,13,15H2,1-2H3,(H,27,31). The van der Waals surface area contributed by atoms with E-state index in [4.69, 9.17) is 9.47 Å². The highest BCUT2D eigenvalue weighted by atomic mass is 32.2. The number of hydrogen-bond acceptors (Lipinski definition) is 9. The number of nitrogens with one attached hydrogen (secondary N) is 1. The first-order chi connectivity index (χ1) is 18.1. The minimum absolute atomic E-state index is 0.122. The fraction of sp³-hybridized carbons (Fsp3) is 0.538. The van der Waals surface area contributed by atoms with Gasteiger partial charge >= 0.3 is 5.97 Å². The first-order valence-corrected chi connectivity index (χ1v) is 15.6. The number of fused-ring (bicyclic) bond motifs is 1. The monoisotopic (exact) mass is 560 g/mol.